The van der Waals surface area contributed by atoms with Crippen molar-refractivity contribution in [3.63, 3.8) is 0 Å². The van der Waals surface area contributed by atoms with Gasteiger partial charge in [0, 0.05) is 6.42 Å². The van der Waals surface area contributed by atoms with Crippen molar-refractivity contribution in [1.29, 1.82) is 0 Å². The number of carbonyl (C=O) groups is 2. The molecule has 0 spiro atoms. The minimum Gasteiger partial charge on any atom is -0.467 e. The third-order valence-corrected chi connectivity index (χ3v) is 8.72. The van der Waals surface area contributed by atoms with Gasteiger partial charge >= 0.3 is 5.97 Å². The summed E-state index contributed by atoms with van der Waals surface area (Å²) in [5.41, 5.74) is -0.943. The topological polar surface area (TPSA) is 64.6 Å². The summed E-state index contributed by atoms with van der Waals surface area (Å²) in [6.07, 6.45) is 0.324. The van der Waals surface area contributed by atoms with Crippen LogP contribution in [0, 0.1) is 0 Å². The number of rotatable bonds is 3. The van der Waals surface area contributed by atoms with Crippen LogP contribution in [-0.2, 0) is 18.8 Å². The van der Waals surface area contributed by atoms with Gasteiger partial charge in [0.15, 0.2) is 8.32 Å². The van der Waals surface area contributed by atoms with Gasteiger partial charge in [0.1, 0.15) is 11.6 Å². The Morgan fingerprint density at radius 1 is 1.42 bits per heavy atom. The van der Waals surface area contributed by atoms with E-state index >= 15 is 0 Å². The normalized spacial score (nSPS) is 28.2. The van der Waals surface area contributed by atoms with E-state index in [0.717, 1.165) is 0 Å². The molecule has 1 heterocycles. The Hall–Kier alpha value is -0.883. The Kier molecular flexibility index (Phi) is 4.17. The molecule has 0 aromatic heterocycles. The van der Waals surface area contributed by atoms with Gasteiger partial charge in [-0.2, -0.15) is 0 Å². The van der Waals surface area contributed by atoms with Gasteiger partial charge < -0.3 is 14.5 Å². The molecule has 0 radical (unpaired) electrons. The number of nitrogens with one attached hydrogen (secondary N) is 1. The molecule has 0 saturated carbocycles. The van der Waals surface area contributed by atoms with Gasteiger partial charge in [-0.25, -0.2) is 4.79 Å². The van der Waals surface area contributed by atoms with E-state index in [1.54, 1.807) is 6.92 Å². The maximum absolute atomic E-state index is 12.1. The van der Waals surface area contributed by atoms with Gasteiger partial charge in [0.05, 0.1) is 7.11 Å². The fourth-order valence-corrected chi connectivity index (χ4v) is 3.54. The van der Waals surface area contributed by atoms with Gasteiger partial charge in [0.25, 0.3) is 5.91 Å². The number of methoxy groups -OCH3 is 1. The first-order valence-electron chi connectivity index (χ1n) is 6.52. The van der Waals surface area contributed by atoms with E-state index in [0.29, 0.717) is 6.42 Å². The number of esters is 1. The summed E-state index contributed by atoms with van der Waals surface area (Å²) in [7, 11) is -0.753. The Morgan fingerprint density at radius 2 is 1.95 bits per heavy atom. The second kappa shape index (κ2) is 4.90. The minimum atomic E-state index is -2.07. The number of carbonyl (C=O) groups excluding carboxylic acids is 2. The van der Waals surface area contributed by atoms with Crippen molar-refractivity contribution >= 4 is 20.2 Å². The van der Waals surface area contributed by atoms with Crippen LogP contribution in [0.2, 0.25) is 18.1 Å². The lowest BCUT2D eigenvalue weighted by molar-refractivity contribution is -0.143. The lowest BCUT2D eigenvalue weighted by Crippen LogP contribution is -2.51. The first-order valence-corrected chi connectivity index (χ1v) is 9.43. The molecule has 0 bridgehead atoms. The van der Waals surface area contributed by atoms with Crippen molar-refractivity contribution in [2.24, 2.45) is 0 Å². The molecule has 1 N–H and O–H groups in total. The Labute approximate surface area is 116 Å². The van der Waals surface area contributed by atoms with Crippen molar-refractivity contribution in [1.82, 2.24) is 5.32 Å². The highest BCUT2D eigenvalue weighted by molar-refractivity contribution is 6.74. The van der Waals surface area contributed by atoms with Crippen LogP contribution in [0.25, 0.3) is 0 Å². The average Bonchev–Trinajstić information content (AvgIpc) is 2.51. The van der Waals surface area contributed by atoms with Gasteiger partial charge in [-0.15, -0.1) is 0 Å². The molecule has 19 heavy (non-hydrogen) atoms. The quantitative estimate of drug-likeness (QED) is 0.635. The summed E-state index contributed by atoms with van der Waals surface area (Å²) < 4.78 is 10.9. The van der Waals surface area contributed by atoms with E-state index < -0.39 is 25.9 Å². The fourth-order valence-electron chi connectivity index (χ4n) is 1.93. The zero-order valence-corrected chi connectivity index (χ0v) is 13.9. The monoisotopic (exact) mass is 287 g/mol. The van der Waals surface area contributed by atoms with E-state index in [4.69, 9.17) is 4.43 Å². The molecule has 0 aliphatic carbocycles. The average molecular weight is 287 g/mol. The van der Waals surface area contributed by atoms with Crippen LogP contribution in [0.3, 0.4) is 0 Å². The molecular formula is C13H25NO4Si. The Balaban J connectivity index is 2.89. The van der Waals surface area contributed by atoms with Gasteiger partial charge in [-0.1, -0.05) is 20.8 Å². The lowest BCUT2D eigenvalue weighted by Gasteiger charge is -2.41. The number of hydrogen-bond donors (Lipinski definition) is 1. The van der Waals surface area contributed by atoms with Crippen molar-refractivity contribution < 1.29 is 18.8 Å². The zero-order chi connectivity index (χ0) is 15.1. The molecule has 2 atom stereocenters. The highest BCUT2D eigenvalue weighted by Crippen LogP contribution is 2.41. The first kappa shape index (κ1) is 16.2. The van der Waals surface area contributed by atoms with Crippen LogP contribution in [-0.4, -0.2) is 38.9 Å². The van der Waals surface area contributed by atoms with Crippen LogP contribution in [0.1, 0.15) is 34.1 Å². The van der Waals surface area contributed by atoms with Gasteiger partial charge in [0.2, 0.25) is 0 Å². The molecule has 1 aliphatic rings. The molecule has 1 amide bonds. The van der Waals surface area contributed by atoms with Gasteiger partial charge in [-0.05, 0) is 25.1 Å². The molecule has 0 aromatic rings. The molecule has 1 aliphatic heterocycles. The third kappa shape index (κ3) is 3.17. The Morgan fingerprint density at radius 3 is 2.37 bits per heavy atom. The SMILES string of the molecule is COC(=O)C1CC(C)(O[Si](C)(C)C(C)(C)C)C(=O)N1. The largest absolute Gasteiger partial charge is 0.467 e. The molecule has 6 heteroatoms. The minimum absolute atomic E-state index is 0.0135. The van der Waals surface area contributed by atoms with E-state index in [2.05, 4.69) is 43.9 Å². The molecule has 2 unspecified atom stereocenters. The molecule has 1 saturated heterocycles. The maximum atomic E-state index is 12.1. The number of amides is 1. The van der Waals surface area contributed by atoms with Crippen LogP contribution in [0.4, 0.5) is 0 Å². The Bertz CT molecular complexity index is 389. The van der Waals surface area contributed by atoms with Crippen LogP contribution in [0.5, 0.6) is 0 Å². The maximum Gasteiger partial charge on any atom is 0.328 e. The number of hydrogen-bond acceptors (Lipinski definition) is 4. The number of ether oxygens (including phenoxy) is 1. The van der Waals surface area contributed by atoms with E-state index in [9.17, 15) is 9.59 Å². The lowest BCUT2D eigenvalue weighted by atomic mass is 10.0. The summed E-state index contributed by atoms with van der Waals surface area (Å²) >= 11 is 0. The van der Waals surface area contributed by atoms with Crippen molar-refractivity contribution in [3.05, 3.63) is 0 Å². The molecule has 1 rings (SSSR count). The summed E-state index contributed by atoms with van der Waals surface area (Å²) in [4.78, 5) is 23.6. The molecule has 110 valence electrons. The molecule has 1 fully saturated rings. The van der Waals surface area contributed by atoms with Crippen LogP contribution < -0.4 is 5.32 Å². The predicted octanol–water partition coefficient (Wildman–Crippen LogP) is 1.83. The summed E-state index contributed by atoms with van der Waals surface area (Å²) in [6.45, 7) is 12.3. The zero-order valence-electron chi connectivity index (χ0n) is 12.9. The molecule has 5 nitrogen and oxygen atoms in total. The third-order valence-electron chi connectivity index (χ3n) is 4.15. The molecular weight excluding hydrogens is 262 g/mol. The summed E-state index contributed by atoms with van der Waals surface area (Å²) in [5.74, 6) is -0.649. The first-order chi connectivity index (χ1) is 8.43. The molecule has 0 aromatic carbocycles. The van der Waals surface area contributed by atoms with E-state index in [-0.39, 0.29) is 10.9 Å². The fraction of sp³-hybridized carbons (Fsp3) is 0.846. The van der Waals surface area contributed by atoms with Crippen LogP contribution in [0.15, 0.2) is 0 Å². The second-order valence-electron chi connectivity index (χ2n) is 6.85. The van der Waals surface area contributed by atoms with Gasteiger partial charge in [-0.3, -0.25) is 4.79 Å². The van der Waals surface area contributed by atoms with Crippen molar-refractivity contribution in [2.75, 3.05) is 7.11 Å². The highest BCUT2D eigenvalue weighted by atomic mass is 28.4. The predicted molar refractivity (Wildman–Crippen MR) is 75.3 cm³/mol. The summed E-state index contributed by atoms with van der Waals surface area (Å²) in [5, 5.41) is 2.67. The van der Waals surface area contributed by atoms with Crippen LogP contribution >= 0.6 is 0 Å². The standard InChI is InChI=1S/C13H25NO4Si/c1-12(2,3)19(6,7)18-13(4)8-9(10(15)17-5)14-11(13)16/h9H,8H2,1-7H3,(H,14,16). The van der Waals surface area contributed by atoms with Crippen molar-refractivity contribution in [3.8, 4) is 0 Å². The van der Waals surface area contributed by atoms with E-state index in [1.807, 2.05) is 0 Å². The summed E-state index contributed by atoms with van der Waals surface area (Å²) in [6, 6.07) is -0.604. The van der Waals surface area contributed by atoms with Crippen molar-refractivity contribution in [2.45, 2.75) is 63.9 Å². The second-order valence-corrected chi connectivity index (χ2v) is 11.6. The smallest absolute Gasteiger partial charge is 0.328 e. The van der Waals surface area contributed by atoms with E-state index in [1.165, 1.54) is 7.11 Å². The highest BCUT2D eigenvalue weighted by Gasteiger charge is 2.52.